The SMILES string of the molecule is CC(=O)N[C@H]1CCN(CC(=O)Nc2ccc(C#Cc3ccc(C(=O)N[C@H](C(=O)NO)[C@@H](C)O)cc3)cc2)C1. The van der Waals surface area contributed by atoms with Gasteiger partial charge in [-0.15, -0.1) is 0 Å². The maximum Gasteiger partial charge on any atom is 0.268 e. The Bertz CT molecular complexity index is 1220. The Kier molecular flexibility index (Phi) is 9.95. The third-order valence-electron chi connectivity index (χ3n) is 5.88. The third-order valence-corrected chi connectivity index (χ3v) is 5.88. The molecule has 38 heavy (non-hydrogen) atoms. The average molecular weight is 522 g/mol. The smallest absolute Gasteiger partial charge is 0.268 e. The molecule has 0 bridgehead atoms. The van der Waals surface area contributed by atoms with Crippen molar-refractivity contribution in [3.8, 4) is 11.8 Å². The number of likely N-dealkylation sites (tertiary alicyclic amines) is 1. The van der Waals surface area contributed by atoms with Crippen LogP contribution in [-0.4, -0.2) is 76.7 Å². The van der Waals surface area contributed by atoms with Crippen LogP contribution in [0.25, 0.3) is 0 Å². The number of carbonyl (C=O) groups is 4. The Hall–Kier alpha value is -4.24. The molecule has 0 radical (unpaired) electrons. The van der Waals surface area contributed by atoms with Gasteiger partial charge in [-0.1, -0.05) is 11.8 Å². The van der Waals surface area contributed by atoms with E-state index in [1.165, 1.54) is 31.5 Å². The van der Waals surface area contributed by atoms with E-state index in [1.54, 1.807) is 36.4 Å². The van der Waals surface area contributed by atoms with Gasteiger partial charge in [0.15, 0.2) is 0 Å². The Morgan fingerprint density at radius 3 is 2.18 bits per heavy atom. The first-order valence-electron chi connectivity index (χ1n) is 12.1. The summed E-state index contributed by atoms with van der Waals surface area (Å²) in [5, 5.41) is 26.5. The number of carbonyl (C=O) groups excluding carboxylic acids is 4. The van der Waals surface area contributed by atoms with Gasteiger partial charge in [0, 0.05) is 48.4 Å². The van der Waals surface area contributed by atoms with Gasteiger partial charge in [-0.05, 0) is 61.9 Å². The maximum absolute atomic E-state index is 12.4. The minimum Gasteiger partial charge on any atom is -0.391 e. The van der Waals surface area contributed by atoms with Crippen LogP contribution < -0.4 is 21.4 Å². The molecule has 3 rings (SSSR count). The van der Waals surface area contributed by atoms with Gasteiger partial charge in [0.1, 0.15) is 6.04 Å². The number of nitrogens with zero attached hydrogens (tertiary/aromatic N) is 1. The lowest BCUT2D eigenvalue weighted by Gasteiger charge is -2.19. The van der Waals surface area contributed by atoms with Crippen LogP contribution in [-0.2, 0) is 14.4 Å². The molecule has 0 unspecified atom stereocenters. The van der Waals surface area contributed by atoms with Crippen LogP contribution in [0.5, 0.6) is 0 Å². The Morgan fingerprint density at radius 2 is 1.63 bits per heavy atom. The molecular weight excluding hydrogens is 490 g/mol. The molecule has 1 fully saturated rings. The van der Waals surface area contributed by atoms with Crippen molar-refractivity contribution in [3.63, 3.8) is 0 Å². The maximum atomic E-state index is 12.4. The van der Waals surface area contributed by atoms with Crippen molar-refractivity contribution in [1.29, 1.82) is 0 Å². The Balaban J connectivity index is 1.51. The van der Waals surface area contributed by atoms with E-state index < -0.39 is 24.0 Å². The predicted molar refractivity (Wildman–Crippen MR) is 139 cm³/mol. The average Bonchev–Trinajstić information content (AvgIpc) is 3.31. The van der Waals surface area contributed by atoms with E-state index in [2.05, 4.69) is 27.8 Å². The zero-order chi connectivity index (χ0) is 27.7. The first-order chi connectivity index (χ1) is 18.1. The quantitative estimate of drug-likeness (QED) is 0.165. The standard InChI is InChI=1S/C27H31N5O6/c1-17(33)25(27(37)31-38)30-26(36)21-9-5-19(6-10-21)3-4-20-7-11-22(12-8-20)29-24(35)16-32-14-13-23(15-32)28-18(2)34/h5-12,17,23,25,33,38H,13-16H2,1-2H3,(H,28,34)(H,29,35)(H,30,36)(H,31,37)/t17-,23+,25+/m1/s1. The van der Waals surface area contributed by atoms with Crippen molar-refractivity contribution in [2.45, 2.75) is 38.5 Å². The van der Waals surface area contributed by atoms with Crippen LogP contribution in [0.4, 0.5) is 5.69 Å². The second kappa shape index (κ2) is 13.3. The molecule has 11 heteroatoms. The fraction of sp³-hybridized carbons (Fsp3) is 0.333. The molecule has 0 spiro atoms. The second-order valence-electron chi connectivity index (χ2n) is 9.04. The predicted octanol–water partition coefficient (Wildman–Crippen LogP) is 0.220. The molecule has 1 heterocycles. The van der Waals surface area contributed by atoms with Crippen molar-refractivity contribution in [3.05, 3.63) is 65.2 Å². The van der Waals surface area contributed by atoms with Gasteiger partial charge in [0.05, 0.1) is 12.6 Å². The zero-order valence-electron chi connectivity index (χ0n) is 21.2. The minimum atomic E-state index is -1.30. The molecule has 0 aliphatic carbocycles. The van der Waals surface area contributed by atoms with Gasteiger partial charge >= 0.3 is 0 Å². The van der Waals surface area contributed by atoms with E-state index in [0.29, 0.717) is 17.8 Å². The van der Waals surface area contributed by atoms with Gasteiger partial charge in [-0.2, -0.15) is 0 Å². The summed E-state index contributed by atoms with van der Waals surface area (Å²) < 4.78 is 0. The molecule has 2 aromatic carbocycles. The molecule has 0 aromatic heterocycles. The highest BCUT2D eigenvalue weighted by Gasteiger charge is 2.26. The second-order valence-corrected chi connectivity index (χ2v) is 9.04. The van der Waals surface area contributed by atoms with Crippen molar-refractivity contribution in [2.75, 3.05) is 25.0 Å². The van der Waals surface area contributed by atoms with E-state index in [1.807, 2.05) is 4.90 Å². The van der Waals surface area contributed by atoms with Gasteiger partial charge in [0.2, 0.25) is 11.8 Å². The van der Waals surface area contributed by atoms with Gasteiger partial charge in [-0.25, -0.2) is 5.48 Å². The summed E-state index contributed by atoms with van der Waals surface area (Å²) in [6.07, 6.45) is -0.381. The van der Waals surface area contributed by atoms with Crippen LogP contribution in [0.15, 0.2) is 48.5 Å². The summed E-state index contributed by atoms with van der Waals surface area (Å²) >= 11 is 0. The largest absolute Gasteiger partial charge is 0.391 e. The number of aliphatic hydroxyl groups excluding tert-OH is 1. The summed E-state index contributed by atoms with van der Waals surface area (Å²) in [7, 11) is 0. The highest BCUT2D eigenvalue weighted by Crippen LogP contribution is 2.12. The van der Waals surface area contributed by atoms with Crippen LogP contribution in [0.3, 0.4) is 0 Å². The lowest BCUT2D eigenvalue weighted by atomic mass is 10.1. The summed E-state index contributed by atoms with van der Waals surface area (Å²) in [4.78, 5) is 49.5. The summed E-state index contributed by atoms with van der Waals surface area (Å²) in [6.45, 7) is 4.46. The van der Waals surface area contributed by atoms with Crippen molar-refractivity contribution in [2.24, 2.45) is 0 Å². The topological polar surface area (TPSA) is 160 Å². The highest BCUT2D eigenvalue weighted by molar-refractivity contribution is 5.97. The molecule has 4 amide bonds. The number of hydrogen-bond acceptors (Lipinski definition) is 7. The van der Waals surface area contributed by atoms with Crippen LogP contribution in [0, 0.1) is 11.8 Å². The van der Waals surface area contributed by atoms with E-state index in [-0.39, 0.29) is 30.0 Å². The molecule has 1 saturated heterocycles. The Labute approximate surface area is 220 Å². The fourth-order valence-electron chi connectivity index (χ4n) is 3.97. The number of benzene rings is 2. The lowest BCUT2D eigenvalue weighted by Crippen LogP contribution is -2.51. The summed E-state index contributed by atoms with van der Waals surface area (Å²) in [5.74, 6) is 4.30. The molecule has 1 aliphatic rings. The summed E-state index contributed by atoms with van der Waals surface area (Å²) in [6, 6.07) is 12.2. The monoisotopic (exact) mass is 521 g/mol. The molecule has 11 nitrogen and oxygen atoms in total. The fourth-order valence-corrected chi connectivity index (χ4v) is 3.97. The molecule has 200 valence electrons. The van der Waals surface area contributed by atoms with Crippen LogP contribution in [0.1, 0.15) is 41.8 Å². The highest BCUT2D eigenvalue weighted by atomic mass is 16.5. The number of hydrogen-bond donors (Lipinski definition) is 6. The number of amides is 4. The summed E-state index contributed by atoms with van der Waals surface area (Å²) in [5.41, 5.74) is 3.71. The molecular formula is C27H31N5O6. The minimum absolute atomic E-state index is 0.0671. The molecule has 0 saturated carbocycles. The zero-order valence-corrected chi connectivity index (χ0v) is 21.2. The third kappa shape index (κ3) is 8.41. The first-order valence-corrected chi connectivity index (χ1v) is 12.1. The molecule has 2 aromatic rings. The van der Waals surface area contributed by atoms with Crippen LogP contribution in [0.2, 0.25) is 0 Å². The van der Waals surface area contributed by atoms with Gasteiger partial charge in [-0.3, -0.25) is 29.3 Å². The molecule has 3 atom stereocenters. The first kappa shape index (κ1) is 28.3. The van der Waals surface area contributed by atoms with Crippen molar-refractivity contribution < 1.29 is 29.5 Å². The number of hydroxylamine groups is 1. The normalized spacial score (nSPS) is 16.4. The van der Waals surface area contributed by atoms with E-state index >= 15 is 0 Å². The Morgan fingerprint density at radius 1 is 1.03 bits per heavy atom. The van der Waals surface area contributed by atoms with Gasteiger partial charge in [0.25, 0.3) is 11.8 Å². The molecule has 6 N–H and O–H groups in total. The van der Waals surface area contributed by atoms with Crippen molar-refractivity contribution in [1.82, 2.24) is 21.0 Å². The van der Waals surface area contributed by atoms with Gasteiger partial charge < -0.3 is 21.1 Å². The number of anilines is 1. The van der Waals surface area contributed by atoms with E-state index in [4.69, 9.17) is 5.21 Å². The van der Waals surface area contributed by atoms with Crippen molar-refractivity contribution >= 4 is 29.3 Å². The van der Waals surface area contributed by atoms with E-state index in [9.17, 15) is 24.3 Å². The van der Waals surface area contributed by atoms with E-state index in [0.717, 1.165) is 18.5 Å². The number of aliphatic hydroxyl groups is 1. The molecule has 1 aliphatic heterocycles. The number of rotatable bonds is 8. The van der Waals surface area contributed by atoms with Crippen LogP contribution >= 0.6 is 0 Å². The lowest BCUT2D eigenvalue weighted by molar-refractivity contribution is -0.133. The number of nitrogens with one attached hydrogen (secondary N) is 4.